The van der Waals surface area contributed by atoms with Crippen molar-refractivity contribution in [2.75, 3.05) is 0 Å². The fraction of sp³-hybridized carbons (Fsp3) is 0.0667. The predicted octanol–water partition coefficient (Wildman–Crippen LogP) is 4.67. The fourth-order valence-electron chi connectivity index (χ4n) is 2.04. The maximum Gasteiger partial charge on any atom is 0.200 e. The number of hydrogen-bond acceptors (Lipinski definition) is 2. The van der Waals surface area contributed by atoms with Crippen molar-refractivity contribution in [3.63, 3.8) is 0 Å². The molecular formula is C15H12BrN3S. The summed E-state index contributed by atoms with van der Waals surface area (Å²) in [5, 5.41) is 7.21. The molecule has 3 nitrogen and oxygen atoms in total. The van der Waals surface area contributed by atoms with Gasteiger partial charge in [0.15, 0.2) is 10.6 Å². The zero-order valence-electron chi connectivity index (χ0n) is 10.8. The summed E-state index contributed by atoms with van der Waals surface area (Å²) < 4.78 is 3.58. The summed E-state index contributed by atoms with van der Waals surface area (Å²) in [5.74, 6) is 0.811. The van der Waals surface area contributed by atoms with E-state index in [2.05, 4.69) is 39.1 Å². The average molecular weight is 346 g/mol. The lowest BCUT2D eigenvalue weighted by Gasteiger charge is -2.08. The molecule has 1 aromatic heterocycles. The Bertz CT molecular complexity index is 805. The van der Waals surface area contributed by atoms with E-state index in [-0.39, 0.29) is 0 Å². The largest absolute Gasteiger partial charge is 0.268 e. The van der Waals surface area contributed by atoms with Crippen LogP contribution in [0.1, 0.15) is 5.56 Å². The molecule has 3 aromatic rings. The molecule has 100 valence electrons. The van der Waals surface area contributed by atoms with Crippen LogP contribution in [0.15, 0.2) is 53.0 Å². The Balaban J connectivity index is 2.22. The molecule has 0 spiro atoms. The van der Waals surface area contributed by atoms with Crippen molar-refractivity contribution in [2.24, 2.45) is 0 Å². The molecule has 0 aliphatic rings. The zero-order valence-corrected chi connectivity index (χ0v) is 13.2. The smallest absolute Gasteiger partial charge is 0.200 e. The number of nitrogens with zero attached hydrogens (tertiary/aromatic N) is 2. The van der Waals surface area contributed by atoms with Gasteiger partial charge >= 0.3 is 0 Å². The monoisotopic (exact) mass is 345 g/mol. The maximum atomic E-state index is 5.36. The van der Waals surface area contributed by atoms with Crippen LogP contribution in [0.3, 0.4) is 0 Å². The summed E-state index contributed by atoms with van der Waals surface area (Å²) in [6, 6.07) is 16.1. The van der Waals surface area contributed by atoms with Crippen LogP contribution in [0, 0.1) is 11.7 Å². The number of aromatic nitrogens is 3. The highest BCUT2D eigenvalue weighted by molar-refractivity contribution is 9.10. The number of halogens is 1. The third-order valence-electron chi connectivity index (χ3n) is 3.12. The molecule has 0 aliphatic heterocycles. The van der Waals surface area contributed by atoms with Crippen molar-refractivity contribution >= 4 is 28.1 Å². The minimum absolute atomic E-state index is 0.583. The Labute approximate surface area is 130 Å². The summed E-state index contributed by atoms with van der Waals surface area (Å²) >= 11 is 8.92. The molecule has 3 rings (SSSR count). The standard InChI is InChI=1S/C15H12BrN3S/c1-10-7-8-12(9-13(10)16)19-14(17-18-15(19)20)11-5-3-2-4-6-11/h2-9H,1H3,(H,18,20). The third kappa shape index (κ3) is 2.34. The molecule has 5 heteroatoms. The van der Waals surface area contributed by atoms with Gasteiger partial charge in [-0.2, -0.15) is 5.10 Å². The quantitative estimate of drug-likeness (QED) is 0.684. The Morgan fingerprint density at radius 2 is 1.90 bits per heavy atom. The molecule has 0 saturated heterocycles. The van der Waals surface area contributed by atoms with Crippen molar-refractivity contribution in [1.82, 2.24) is 14.8 Å². The van der Waals surface area contributed by atoms with Gasteiger partial charge < -0.3 is 0 Å². The number of hydrogen-bond donors (Lipinski definition) is 1. The summed E-state index contributed by atoms with van der Waals surface area (Å²) in [6.45, 7) is 2.06. The Kier molecular flexibility index (Phi) is 3.54. The molecule has 2 aromatic carbocycles. The molecule has 0 bridgehead atoms. The first-order chi connectivity index (χ1) is 9.66. The zero-order chi connectivity index (χ0) is 14.1. The summed E-state index contributed by atoms with van der Waals surface area (Å²) in [4.78, 5) is 0. The highest BCUT2D eigenvalue weighted by Gasteiger charge is 2.11. The Morgan fingerprint density at radius 1 is 1.15 bits per heavy atom. The number of benzene rings is 2. The lowest BCUT2D eigenvalue weighted by Crippen LogP contribution is -1.98. The number of aryl methyl sites for hydroxylation is 1. The average Bonchev–Trinajstić information content (AvgIpc) is 2.85. The van der Waals surface area contributed by atoms with Crippen LogP contribution in [-0.4, -0.2) is 14.8 Å². The second-order valence-electron chi connectivity index (χ2n) is 4.49. The van der Waals surface area contributed by atoms with E-state index in [0.717, 1.165) is 21.5 Å². The highest BCUT2D eigenvalue weighted by Crippen LogP contribution is 2.25. The van der Waals surface area contributed by atoms with Gasteiger partial charge in [0, 0.05) is 10.0 Å². The van der Waals surface area contributed by atoms with Gasteiger partial charge in [0.1, 0.15) is 0 Å². The van der Waals surface area contributed by atoms with Gasteiger partial charge in [-0.1, -0.05) is 52.3 Å². The predicted molar refractivity (Wildman–Crippen MR) is 86.6 cm³/mol. The summed E-state index contributed by atoms with van der Waals surface area (Å²) in [7, 11) is 0. The molecule has 20 heavy (non-hydrogen) atoms. The van der Waals surface area contributed by atoms with E-state index in [1.165, 1.54) is 5.56 Å². The fourth-order valence-corrected chi connectivity index (χ4v) is 2.64. The molecule has 0 atom stereocenters. The lowest BCUT2D eigenvalue weighted by atomic mass is 10.2. The van der Waals surface area contributed by atoms with Crippen LogP contribution >= 0.6 is 28.1 Å². The molecule has 0 unspecified atom stereocenters. The lowest BCUT2D eigenvalue weighted by molar-refractivity contribution is 1.03. The van der Waals surface area contributed by atoms with Crippen LogP contribution in [0.2, 0.25) is 0 Å². The molecule has 0 saturated carbocycles. The maximum absolute atomic E-state index is 5.36. The van der Waals surface area contributed by atoms with Crippen LogP contribution in [-0.2, 0) is 0 Å². The Hall–Kier alpha value is -1.72. The summed E-state index contributed by atoms with van der Waals surface area (Å²) in [5.41, 5.74) is 3.20. The van der Waals surface area contributed by atoms with Crippen molar-refractivity contribution in [1.29, 1.82) is 0 Å². The van der Waals surface area contributed by atoms with Crippen molar-refractivity contribution < 1.29 is 0 Å². The molecule has 0 fully saturated rings. The number of rotatable bonds is 2. The number of nitrogens with one attached hydrogen (secondary N) is 1. The van der Waals surface area contributed by atoms with Crippen LogP contribution < -0.4 is 0 Å². The van der Waals surface area contributed by atoms with Crippen molar-refractivity contribution in [2.45, 2.75) is 6.92 Å². The molecule has 1 heterocycles. The number of H-pyrrole nitrogens is 1. The van der Waals surface area contributed by atoms with Gasteiger partial charge in [-0.3, -0.25) is 9.67 Å². The second-order valence-corrected chi connectivity index (χ2v) is 5.73. The molecule has 1 N–H and O–H groups in total. The molecule has 0 amide bonds. The van der Waals surface area contributed by atoms with Crippen LogP contribution in [0.4, 0.5) is 0 Å². The minimum atomic E-state index is 0.583. The SMILES string of the molecule is Cc1ccc(-n2c(-c3ccccc3)n[nH]c2=S)cc1Br. The summed E-state index contributed by atoms with van der Waals surface area (Å²) in [6.07, 6.45) is 0. The van der Waals surface area contributed by atoms with Crippen LogP contribution in [0.5, 0.6) is 0 Å². The number of aromatic amines is 1. The first-order valence-electron chi connectivity index (χ1n) is 6.16. The van der Waals surface area contributed by atoms with Crippen molar-refractivity contribution in [3.8, 4) is 17.1 Å². The van der Waals surface area contributed by atoms with Gasteiger partial charge in [0.05, 0.1) is 5.69 Å². The highest BCUT2D eigenvalue weighted by atomic mass is 79.9. The van der Waals surface area contributed by atoms with Gasteiger partial charge in [-0.05, 0) is 36.8 Å². The van der Waals surface area contributed by atoms with E-state index >= 15 is 0 Å². The van der Waals surface area contributed by atoms with E-state index in [4.69, 9.17) is 12.2 Å². The van der Waals surface area contributed by atoms with E-state index in [9.17, 15) is 0 Å². The molecular weight excluding hydrogens is 334 g/mol. The van der Waals surface area contributed by atoms with E-state index in [0.29, 0.717) is 4.77 Å². The topological polar surface area (TPSA) is 33.6 Å². The van der Waals surface area contributed by atoms with Crippen molar-refractivity contribution in [3.05, 3.63) is 63.3 Å². The van der Waals surface area contributed by atoms with Gasteiger partial charge in [0.25, 0.3) is 0 Å². The second kappa shape index (κ2) is 5.34. The van der Waals surface area contributed by atoms with E-state index in [1.807, 2.05) is 47.0 Å². The Morgan fingerprint density at radius 3 is 2.60 bits per heavy atom. The molecule has 0 aliphatic carbocycles. The van der Waals surface area contributed by atoms with Crippen LogP contribution in [0.25, 0.3) is 17.1 Å². The normalized spacial score (nSPS) is 10.7. The van der Waals surface area contributed by atoms with Gasteiger partial charge in [-0.15, -0.1) is 0 Å². The molecule has 0 radical (unpaired) electrons. The first-order valence-corrected chi connectivity index (χ1v) is 7.36. The third-order valence-corrected chi connectivity index (χ3v) is 4.25. The first kappa shape index (κ1) is 13.3. The van der Waals surface area contributed by atoms with E-state index < -0.39 is 0 Å². The minimum Gasteiger partial charge on any atom is -0.268 e. The van der Waals surface area contributed by atoms with Gasteiger partial charge in [-0.25, -0.2) is 0 Å². The van der Waals surface area contributed by atoms with Gasteiger partial charge in [0.2, 0.25) is 0 Å². The van der Waals surface area contributed by atoms with E-state index in [1.54, 1.807) is 0 Å².